The number of rotatable bonds is 3. The maximum Gasteiger partial charge on any atom is 0.236 e. The molecule has 1 aliphatic heterocycles. The molecule has 2 heterocycles. The number of thiophene rings is 1. The van der Waals surface area contributed by atoms with Crippen molar-refractivity contribution >= 4 is 17.2 Å². The second kappa shape index (κ2) is 6.27. The van der Waals surface area contributed by atoms with Crippen molar-refractivity contribution in [2.45, 2.75) is 51.6 Å². The summed E-state index contributed by atoms with van der Waals surface area (Å²) in [5.41, 5.74) is 1.35. The zero-order chi connectivity index (χ0) is 13.9. The molecule has 3 rings (SSSR count). The summed E-state index contributed by atoms with van der Waals surface area (Å²) in [6.07, 6.45) is 6.20. The van der Waals surface area contributed by atoms with Crippen LogP contribution in [0.25, 0.3) is 0 Å². The maximum absolute atomic E-state index is 12.3. The first-order valence-corrected chi connectivity index (χ1v) is 8.68. The maximum atomic E-state index is 12.3. The SMILES string of the molecule is CC1CCCCC1NCC(=O)N1CCc2sccc2C1. The van der Waals surface area contributed by atoms with E-state index >= 15 is 0 Å². The van der Waals surface area contributed by atoms with Crippen LogP contribution in [0.15, 0.2) is 11.4 Å². The van der Waals surface area contributed by atoms with Gasteiger partial charge in [0.1, 0.15) is 0 Å². The highest BCUT2D eigenvalue weighted by molar-refractivity contribution is 7.10. The number of carbonyl (C=O) groups excluding carboxylic acids is 1. The van der Waals surface area contributed by atoms with Gasteiger partial charge in [0.05, 0.1) is 6.54 Å². The Morgan fingerprint density at radius 2 is 2.30 bits per heavy atom. The molecule has 1 aromatic heterocycles. The third kappa shape index (κ3) is 3.07. The molecule has 1 fully saturated rings. The quantitative estimate of drug-likeness (QED) is 0.929. The summed E-state index contributed by atoms with van der Waals surface area (Å²) < 4.78 is 0. The van der Waals surface area contributed by atoms with E-state index in [1.165, 1.54) is 36.1 Å². The Labute approximate surface area is 125 Å². The summed E-state index contributed by atoms with van der Waals surface area (Å²) in [5.74, 6) is 0.973. The summed E-state index contributed by atoms with van der Waals surface area (Å²) in [4.78, 5) is 15.8. The number of hydrogen-bond donors (Lipinski definition) is 1. The zero-order valence-corrected chi connectivity index (χ0v) is 13.0. The molecule has 3 nitrogen and oxygen atoms in total. The lowest BCUT2D eigenvalue weighted by Crippen LogP contribution is -2.45. The second-order valence-corrected chi connectivity index (χ2v) is 7.18. The first-order valence-electron chi connectivity index (χ1n) is 7.80. The van der Waals surface area contributed by atoms with E-state index in [2.05, 4.69) is 23.7 Å². The molecular weight excluding hydrogens is 268 g/mol. The van der Waals surface area contributed by atoms with Crippen LogP contribution in [-0.2, 0) is 17.8 Å². The van der Waals surface area contributed by atoms with E-state index in [9.17, 15) is 4.79 Å². The molecule has 1 amide bonds. The molecule has 0 radical (unpaired) electrons. The fourth-order valence-corrected chi connectivity index (χ4v) is 4.30. The van der Waals surface area contributed by atoms with E-state index in [0.29, 0.717) is 18.5 Å². The summed E-state index contributed by atoms with van der Waals surface area (Å²) in [7, 11) is 0. The lowest BCUT2D eigenvalue weighted by Gasteiger charge is -2.31. The molecule has 4 heteroatoms. The van der Waals surface area contributed by atoms with Crippen molar-refractivity contribution < 1.29 is 4.79 Å². The molecule has 0 spiro atoms. The molecule has 20 heavy (non-hydrogen) atoms. The van der Waals surface area contributed by atoms with Crippen LogP contribution in [-0.4, -0.2) is 29.9 Å². The number of nitrogens with zero attached hydrogens (tertiary/aromatic N) is 1. The zero-order valence-electron chi connectivity index (χ0n) is 12.2. The molecule has 0 saturated heterocycles. The number of hydrogen-bond acceptors (Lipinski definition) is 3. The minimum atomic E-state index is 0.264. The van der Waals surface area contributed by atoms with Crippen LogP contribution in [0.2, 0.25) is 0 Å². The van der Waals surface area contributed by atoms with Gasteiger partial charge in [-0.25, -0.2) is 0 Å². The van der Waals surface area contributed by atoms with Crippen molar-refractivity contribution in [1.29, 1.82) is 0 Å². The third-order valence-corrected chi connectivity index (χ3v) is 5.81. The van der Waals surface area contributed by atoms with Gasteiger partial charge in [0, 0.05) is 24.0 Å². The Balaban J connectivity index is 1.50. The van der Waals surface area contributed by atoms with E-state index in [1.807, 2.05) is 16.2 Å². The number of amides is 1. The first-order chi connectivity index (χ1) is 9.74. The van der Waals surface area contributed by atoms with E-state index in [1.54, 1.807) is 0 Å². The molecule has 1 saturated carbocycles. The largest absolute Gasteiger partial charge is 0.337 e. The fourth-order valence-electron chi connectivity index (χ4n) is 3.41. The average Bonchev–Trinajstić information content (AvgIpc) is 2.93. The van der Waals surface area contributed by atoms with E-state index in [-0.39, 0.29) is 5.91 Å². The molecule has 2 atom stereocenters. The standard InChI is InChI=1S/C16H24N2OS/c1-12-4-2-3-5-14(12)17-10-16(19)18-8-6-15-13(11-18)7-9-20-15/h7,9,12,14,17H,2-6,8,10-11H2,1H3. The number of carbonyl (C=O) groups is 1. The van der Waals surface area contributed by atoms with Crippen LogP contribution in [0, 0.1) is 5.92 Å². The van der Waals surface area contributed by atoms with E-state index < -0.39 is 0 Å². The van der Waals surface area contributed by atoms with Gasteiger partial charge in [-0.3, -0.25) is 4.79 Å². The van der Waals surface area contributed by atoms with Gasteiger partial charge in [0.2, 0.25) is 5.91 Å². The Hall–Kier alpha value is -0.870. The summed E-state index contributed by atoms with van der Waals surface area (Å²) in [6.45, 7) is 4.50. The predicted molar refractivity (Wildman–Crippen MR) is 82.9 cm³/mol. The molecule has 1 aliphatic carbocycles. The van der Waals surface area contributed by atoms with Crippen molar-refractivity contribution in [3.63, 3.8) is 0 Å². The van der Waals surface area contributed by atoms with Crippen molar-refractivity contribution in [3.8, 4) is 0 Å². The Kier molecular flexibility index (Phi) is 4.41. The smallest absolute Gasteiger partial charge is 0.236 e. The lowest BCUT2D eigenvalue weighted by atomic mass is 9.86. The van der Waals surface area contributed by atoms with Gasteiger partial charge < -0.3 is 10.2 Å². The molecular formula is C16H24N2OS. The minimum absolute atomic E-state index is 0.264. The molecule has 0 aromatic carbocycles. The molecule has 1 aromatic rings. The highest BCUT2D eigenvalue weighted by Gasteiger charge is 2.24. The first kappa shape index (κ1) is 14.1. The van der Waals surface area contributed by atoms with E-state index in [4.69, 9.17) is 0 Å². The molecule has 2 unspecified atom stereocenters. The lowest BCUT2D eigenvalue weighted by molar-refractivity contribution is -0.131. The normalized spacial score (nSPS) is 26.4. The second-order valence-electron chi connectivity index (χ2n) is 6.18. The fraction of sp³-hybridized carbons (Fsp3) is 0.688. The summed E-state index contributed by atoms with van der Waals surface area (Å²) >= 11 is 1.82. The Morgan fingerprint density at radius 3 is 3.15 bits per heavy atom. The van der Waals surface area contributed by atoms with Gasteiger partial charge in [0.15, 0.2) is 0 Å². The van der Waals surface area contributed by atoms with E-state index in [0.717, 1.165) is 19.5 Å². The van der Waals surface area contributed by atoms with Crippen molar-refractivity contribution in [2.24, 2.45) is 5.92 Å². The van der Waals surface area contributed by atoms with Gasteiger partial charge in [-0.05, 0) is 42.2 Å². The number of nitrogens with one attached hydrogen (secondary N) is 1. The van der Waals surface area contributed by atoms with Crippen molar-refractivity contribution in [1.82, 2.24) is 10.2 Å². The van der Waals surface area contributed by atoms with Crippen LogP contribution in [0.5, 0.6) is 0 Å². The van der Waals surface area contributed by atoms with Crippen LogP contribution in [0.3, 0.4) is 0 Å². The number of fused-ring (bicyclic) bond motifs is 1. The van der Waals surface area contributed by atoms with Gasteiger partial charge in [0.25, 0.3) is 0 Å². The molecule has 110 valence electrons. The van der Waals surface area contributed by atoms with Crippen LogP contribution in [0.1, 0.15) is 43.0 Å². The van der Waals surface area contributed by atoms with Gasteiger partial charge in [-0.2, -0.15) is 0 Å². The third-order valence-electron chi connectivity index (χ3n) is 4.79. The summed E-state index contributed by atoms with van der Waals surface area (Å²) in [5, 5.41) is 5.64. The summed E-state index contributed by atoms with van der Waals surface area (Å²) in [6, 6.07) is 2.70. The highest BCUT2D eigenvalue weighted by atomic mass is 32.1. The Bertz CT molecular complexity index is 471. The van der Waals surface area contributed by atoms with Crippen LogP contribution in [0.4, 0.5) is 0 Å². The average molecular weight is 292 g/mol. The van der Waals surface area contributed by atoms with Gasteiger partial charge in [-0.15, -0.1) is 11.3 Å². The predicted octanol–water partition coefficient (Wildman–Crippen LogP) is 2.80. The van der Waals surface area contributed by atoms with Crippen molar-refractivity contribution in [3.05, 3.63) is 21.9 Å². The Morgan fingerprint density at radius 1 is 1.45 bits per heavy atom. The monoisotopic (exact) mass is 292 g/mol. The van der Waals surface area contributed by atoms with Gasteiger partial charge in [-0.1, -0.05) is 19.8 Å². The molecule has 2 aliphatic rings. The molecule has 0 bridgehead atoms. The highest BCUT2D eigenvalue weighted by Crippen LogP contribution is 2.25. The van der Waals surface area contributed by atoms with Crippen molar-refractivity contribution in [2.75, 3.05) is 13.1 Å². The van der Waals surface area contributed by atoms with Crippen LogP contribution < -0.4 is 5.32 Å². The van der Waals surface area contributed by atoms with Gasteiger partial charge >= 0.3 is 0 Å². The topological polar surface area (TPSA) is 32.3 Å². The molecule has 1 N–H and O–H groups in total. The minimum Gasteiger partial charge on any atom is -0.337 e. The van der Waals surface area contributed by atoms with Crippen LogP contribution >= 0.6 is 11.3 Å².